The molecule has 2 rings (SSSR count). The minimum Gasteiger partial charge on any atom is -0.348 e. The van der Waals surface area contributed by atoms with Crippen LogP contribution in [-0.4, -0.2) is 23.0 Å². The van der Waals surface area contributed by atoms with Crippen LogP contribution in [0.3, 0.4) is 0 Å². The molecule has 1 amide bonds. The van der Waals surface area contributed by atoms with Crippen molar-refractivity contribution in [3.63, 3.8) is 0 Å². The van der Waals surface area contributed by atoms with Gasteiger partial charge in [0, 0.05) is 23.7 Å². The van der Waals surface area contributed by atoms with Gasteiger partial charge in [-0.1, -0.05) is 24.3 Å². The third-order valence-corrected chi connectivity index (χ3v) is 2.99. The summed E-state index contributed by atoms with van der Waals surface area (Å²) in [5, 5.41) is 4.83. The van der Waals surface area contributed by atoms with Gasteiger partial charge in [0.15, 0.2) is 0 Å². The Labute approximate surface area is 113 Å². The summed E-state index contributed by atoms with van der Waals surface area (Å²) >= 11 is 0. The first-order valence-corrected chi connectivity index (χ1v) is 6.48. The van der Waals surface area contributed by atoms with Crippen LogP contribution in [0.25, 0.3) is 10.8 Å². The Morgan fingerprint density at radius 3 is 2.79 bits per heavy atom. The number of nitrogens with zero attached hydrogens (tertiary/aromatic N) is 1. The van der Waals surface area contributed by atoms with E-state index < -0.39 is 0 Å². The first-order chi connectivity index (χ1) is 9.08. The van der Waals surface area contributed by atoms with Crippen LogP contribution in [0.5, 0.6) is 0 Å². The highest BCUT2D eigenvalue weighted by molar-refractivity contribution is 6.05. The van der Waals surface area contributed by atoms with Gasteiger partial charge in [-0.05, 0) is 31.7 Å². The first-order valence-electron chi connectivity index (χ1n) is 6.48. The van der Waals surface area contributed by atoms with E-state index >= 15 is 0 Å². The number of fused-ring (bicyclic) bond motifs is 1. The largest absolute Gasteiger partial charge is 0.348 e. The minimum absolute atomic E-state index is 0.0354. The summed E-state index contributed by atoms with van der Waals surface area (Å²) in [5.41, 5.74) is 6.20. The number of pyridine rings is 1. The van der Waals surface area contributed by atoms with Crippen LogP contribution < -0.4 is 11.1 Å². The van der Waals surface area contributed by atoms with Crippen molar-refractivity contribution in [2.75, 3.05) is 0 Å². The molecule has 2 atom stereocenters. The number of hydrogen-bond acceptors (Lipinski definition) is 3. The Morgan fingerprint density at radius 1 is 1.32 bits per heavy atom. The molecule has 0 aliphatic heterocycles. The van der Waals surface area contributed by atoms with E-state index in [-0.39, 0.29) is 18.0 Å². The maximum Gasteiger partial charge on any atom is 0.270 e. The molecule has 1 aromatic carbocycles. The molecule has 0 aliphatic rings. The second kappa shape index (κ2) is 5.80. The summed E-state index contributed by atoms with van der Waals surface area (Å²) in [7, 11) is 0. The van der Waals surface area contributed by atoms with Gasteiger partial charge >= 0.3 is 0 Å². The van der Waals surface area contributed by atoms with Gasteiger partial charge in [0.2, 0.25) is 0 Å². The number of nitrogens with one attached hydrogen (secondary N) is 1. The normalized spacial score (nSPS) is 14.1. The van der Waals surface area contributed by atoms with Gasteiger partial charge in [-0.25, -0.2) is 0 Å². The van der Waals surface area contributed by atoms with Crippen molar-refractivity contribution in [1.82, 2.24) is 10.3 Å². The lowest BCUT2D eigenvalue weighted by Crippen LogP contribution is -2.37. The zero-order valence-electron chi connectivity index (χ0n) is 11.3. The molecule has 0 radical (unpaired) electrons. The molecule has 1 aromatic heterocycles. The van der Waals surface area contributed by atoms with Crippen molar-refractivity contribution in [2.45, 2.75) is 32.4 Å². The minimum atomic E-state index is -0.148. The highest BCUT2D eigenvalue weighted by Crippen LogP contribution is 2.16. The smallest absolute Gasteiger partial charge is 0.270 e. The van der Waals surface area contributed by atoms with E-state index in [1.165, 1.54) is 0 Å². The van der Waals surface area contributed by atoms with Crippen molar-refractivity contribution in [2.24, 2.45) is 5.73 Å². The van der Waals surface area contributed by atoms with E-state index in [4.69, 9.17) is 5.73 Å². The predicted octanol–water partition coefficient (Wildman–Crippen LogP) is 2.09. The molecule has 0 bridgehead atoms. The number of rotatable bonds is 4. The lowest BCUT2D eigenvalue weighted by Gasteiger charge is -2.16. The van der Waals surface area contributed by atoms with E-state index in [0.717, 1.165) is 17.2 Å². The lowest BCUT2D eigenvalue weighted by molar-refractivity contribution is 0.0934. The zero-order chi connectivity index (χ0) is 13.8. The van der Waals surface area contributed by atoms with Crippen LogP contribution in [0.1, 0.15) is 30.8 Å². The average molecular weight is 257 g/mol. The number of aromatic nitrogens is 1. The highest BCUT2D eigenvalue weighted by atomic mass is 16.1. The molecule has 0 saturated carbocycles. The third kappa shape index (κ3) is 3.29. The molecule has 100 valence electrons. The zero-order valence-corrected chi connectivity index (χ0v) is 11.3. The molecule has 0 fully saturated rings. The van der Waals surface area contributed by atoms with Gasteiger partial charge in [-0.2, -0.15) is 0 Å². The van der Waals surface area contributed by atoms with Crippen LogP contribution in [-0.2, 0) is 0 Å². The predicted molar refractivity (Wildman–Crippen MR) is 76.9 cm³/mol. The van der Waals surface area contributed by atoms with E-state index in [9.17, 15) is 4.79 Å². The molecule has 4 nitrogen and oxygen atoms in total. The van der Waals surface area contributed by atoms with Crippen molar-refractivity contribution in [3.8, 4) is 0 Å². The molecule has 19 heavy (non-hydrogen) atoms. The van der Waals surface area contributed by atoms with E-state index in [1.54, 1.807) is 6.20 Å². The third-order valence-electron chi connectivity index (χ3n) is 2.99. The van der Waals surface area contributed by atoms with Gasteiger partial charge in [-0.3, -0.25) is 9.78 Å². The Bertz CT molecular complexity index is 575. The number of benzene rings is 1. The number of amides is 1. The molecular weight excluding hydrogens is 238 g/mol. The highest BCUT2D eigenvalue weighted by Gasteiger charge is 2.14. The Morgan fingerprint density at radius 2 is 2.05 bits per heavy atom. The van der Waals surface area contributed by atoms with Crippen molar-refractivity contribution >= 4 is 16.7 Å². The SMILES string of the molecule is CC(N)CC(C)NC(=O)c1nccc2ccccc12. The summed E-state index contributed by atoms with van der Waals surface area (Å²) in [6.07, 6.45) is 2.41. The Hall–Kier alpha value is -1.94. The van der Waals surface area contributed by atoms with Crippen molar-refractivity contribution < 1.29 is 4.79 Å². The lowest BCUT2D eigenvalue weighted by atomic mass is 10.1. The summed E-state index contributed by atoms with van der Waals surface area (Å²) in [6, 6.07) is 9.74. The van der Waals surface area contributed by atoms with Gasteiger partial charge in [0.05, 0.1) is 0 Å². The maximum atomic E-state index is 12.2. The average Bonchev–Trinajstić information content (AvgIpc) is 2.36. The van der Waals surface area contributed by atoms with E-state index in [0.29, 0.717) is 5.69 Å². The molecule has 0 spiro atoms. The quantitative estimate of drug-likeness (QED) is 0.881. The van der Waals surface area contributed by atoms with Gasteiger partial charge in [0.1, 0.15) is 5.69 Å². The summed E-state index contributed by atoms with van der Waals surface area (Å²) in [5.74, 6) is -0.148. The molecule has 0 saturated heterocycles. The first kappa shape index (κ1) is 13.5. The van der Waals surface area contributed by atoms with Crippen LogP contribution in [0.15, 0.2) is 36.5 Å². The molecule has 4 heteroatoms. The number of carbonyl (C=O) groups is 1. The van der Waals surface area contributed by atoms with Gasteiger partial charge < -0.3 is 11.1 Å². The second-order valence-corrected chi connectivity index (χ2v) is 4.97. The molecule has 2 aromatic rings. The van der Waals surface area contributed by atoms with Crippen LogP contribution in [0.4, 0.5) is 0 Å². The van der Waals surface area contributed by atoms with Crippen molar-refractivity contribution in [3.05, 3.63) is 42.2 Å². The standard InChI is InChI=1S/C15H19N3O/c1-10(16)9-11(2)18-15(19)14-13-6-4-3-5-12(13)7-8-17-14/h3-8,10-11H,9,16H2,1-2H3,(H,18,19). The van der Waals surface area contributed by atoms with Gasteiger partial charge in [-0.15, -0.1) is 0 Å². The summed E-state index contributed by atoms with van der Waals surface area (Å²) in [4.78, 5) is 16.4. The topological polar surface area (TPSA) is 68.0 Å². The molecular formula is C15H19N3O. The molecule has 1 heterocycles. The molecule has 0 aliphatic carbocycles. The summed E-state index contributed by atoms with van der Waals surface area (Å²) in [6.45, 7) is 3.88. The number of carbonyl (C=O) groups excluding carboxylic acids is 1. The Kier molecular flexibility index (Phi) is 4.12. The van der Waals surface area contributed by atoms with Crippen LogP contribution >= 0.6 is 0 Å². The fourth-order valence-corrected chi connectivity index (χ4v) is 2.21. The number of nitrogens with two attached hydrogens (primary N) is 1. The summed E-state index contributed by atoms with van der Waals surface area (Å²) < 4.78 is 0. The molecule has 3 N–H and O–H groups in total. The van der Waals surface area contributed by atoms with Crippen LogP contribution in [0, 0.1) is 0 Å². The molecule has 2 unspecified atom stereocenters. The Balaban J connectivity index is 2.22. The monoisotopic (exact) mass is 257 g/mol. The number of hydrogen-bond donors (Lipinski definition) is 2. The van der Waals surface area contributed by atoms with E-state index in [2.05, 4.69) is 10.3 Å². The second-order valence-electron chi connectivity index (χ2n) is 4.97. The van der Waals surface area contributed by atoms with E-state index in [1.807, 2.05) is 44.2 Å². The fourth-order valence-electron chi connectivity index (χ4n) is 2.21. The van der Waals surface area contributed by atoms with Crippen LogP contribution in [0.2, 0.25) is 0 Å². The fraction of sp³-hybridized carbons (Fsp3) is 0.333. The van der Waals surface area contributed by atoms with Crippen molar-refractivity contribution in [1.29, 1.82) is 0 Å². The maximum absolute atomic E-state index is 12.2. The van der Waals surface area contributed by atoms with Gasteiger partial charge in [0.25, 0.3) is 5.91 Å².